The van der Waals surface area contributed by atoms with Crippen LogP contribution in [0.25, 0.3) is 0 Å². The highest BCUT2D eigenvalue weighted by molar-refractivity contribution is 5.72. The van der Waals surface area contributed by atoms with Gasteiger partial charge in [0.1, 0.15) is 6.07 Å². The van der Waals surface area contributed by atoms with Gasteiger partial charge < -0.3 is 10.5 Å². The van der Waals surface area contributed by atoms with Crippen molar-refractivity contribution in [1.82, 2.24) is 4.98 Å². The van der Waals surface area contributed by atoms with Crippen molar-refractivity contribution in [2.45, 2.75) is 13.3 Å². The summed E-state index contributed by atoms with van der Waals surface area (Å²) in [7, 11) is 0. The number of nitrogens with zero attached hydrogens (tertiary/aromatic N) is 2. The number of hydrogen-bond donors (Lipinski definition) is 1. The Kier molecular flexibility index (Phi) is 3.63. The molecule has 0 aliphatic carbocycles. The van der Waals surface area contributed by atoms with Gasteiger partial charge in [0.25, 0.3) is 0 Å². The normalized spacial score (nSPS) is 9.33. The summed E-state index contributed by atoms with van der Waals surface area (Å²) in [4.78, 5) is 15.1. The maximum Gasteiger partial charge on any atom is 0.311 e. The molecule has 1 heterocycles. The predicted molar refractivity (Wildman–Crippen MR) is 53.7 cm³/mol. The molecule has 0 aromatic carbocycles. The van der Waals surface area contributed by atoms with Gasteiger partial charge in [-0.2, -0.15) is 5.26 Å². The fourth-order valence-corrected chi connectivity index (χ4v) is 1.06. The lowest BCUT2D eigenvalue weighted by Gasteiger charge is -2.02. The molecule has 0 saturated carbocycles. The minimum Gasteiger partial charge on any atom is -0.466 e. The first-order chi connectivity index (χ1) is 7.17. The van der Waals surface area contributed by atoms with E-state index in [9.17, 15) is 4.79 Å². The zero-order chi connectivity index (χ0) is 11.3. The molecule has 0 amide bonds. The lowest BCUT2D eigenvalue weighted by molar-refractivity contribution is -0.142. The molecule has 0 unspecified atom stereocenters. The summed E-state index contributed by atoms with van der Waals surface area (Å²) < 4.78 is 4.76. The highest BCUT2D eigenvalue weighted by Gasteiger charge is 2.07. The fourth-order valence-electron chi connectivity index (χ4n) is 1.06. The number of anilines is 1. The van der Waals surface area contributed by atoms with E-state index >= 15 is 0 Å². The van der Waals surface area contributed by atoms with Crippen LogP contribution in [0.4, 0.5) is 5.69 Å². The Labute approximate surface area is 87.5 Å². The van der Waals surface area contributed by atoms with Gasteiger partial charge in [-0.05, 0) is 13.0 Å². The van der Waals surface area contributed by atoms with Crippen LogP contribution in [-0.2, 0) is 16.0 Å². The molecule has 0 radical (unpaired) electrons. The molecule has 5 heteroatoms. The summed E-state index contributed by atoms with van der Waals surface area (Å²) in [6.07, 6.45) is 1.43. The maximum atomic E-state index is 11.1. The Hall–Kier alpha value is -2.09. The van der Waals surface area contributed by atoms with Crippen molar-refractivity contribution < 1.29 is 9.53 Å². The number of nitrogens with two attached hydrogens (primary N) is 1. The van der Waals surface area contributed by atoms with E-state index in [1.54, 1.807) is 6.92 Å². The smallest absolute Gasteiger partial charge is 0.311 e. The zero-order valence-electron chi connectivity index (χ0n) is 8.36. The van der Waals surface area contributed by atoms with Crippen molar-refractivity contribution in [3.8, 4) is 6.07 Å². The highest BCUT2D eigenvalue weighted by atomic mass is 16.5. The number of rotatable bonds is 3. The van der Waals surface area contributed by atoms with Crippen molar-refractivity contribution in [3.63, 3.8) is 0 Å². The third kappa shape index (κ3) is 2.95. The molecule has 0 bridgehead atoms. The maximum absolute atomic E-state index is 11.1. The van der Waals surface area contributed by atoms with Crippen LogP contribution >= 0.6 is 0 Å². The molecule has 1 aromatic rings. The number of hydrogen-bond acceptors (Lipinski definition) is 5. The van der Waals surface area contributed by atoms with Crippen molar-refractivity contribution >= 4 is 11.7 Å². The second kappa shape index (κ2) is 4.96. The van der Waals surface area contributed by atoms with Gasteiger partial charge in [-0.1, -0.05) is 0 Å². The summed E-state index contributed by atoms with van der Waals surface area (Å²) in [6.45, 7) is 2.06. The monoisotopic (exact) mass is 205 g/mol. The molecule has 0 fully saturated rings. The first-order valence-electron chi connectivity index (χ1n) is 4.47. The number of esters is 1. The van der Waals surface area contributed by atoms with Crippen molar-refractivity contribution in [1.29, 1.82) is 5.26 Å². The number of ether oxygens (including phenoxy) is 1. The van der Waals surface area contributed by atoms with Crippen LogP contribution in [0.3, 0.4) is 0 Å². The Balaban J connectivity index is 2.80. The largest absolute Gasteiger partial charge is 0.466 e. The van der Waals surface area contributed by atoms with E-state index in [1.165, 1.54) is 12.3 Å². The van der Waals surface area contributed by atoms with Gasteiger partial charge in [-0.15, -0.1) is 0 Å². The Morgan fingerprint density at radius 2 is 2.47 bits per heavy atom. The van der Waals surface area contributed by atoms with Gasteiger partial charge in [0.05, 0.1) is 36.2 Å². The summed E-state index contributed by atoms with van der Waals surface area (Å²) in [5, 5.41) is 8.71. The third-order valence-corrected chi connectivity index (χ3v) is 1.74. The number of nitriles is 1. The second-order valence-corrected chi connectivity index (χ2v) is 2.86. The topological polar surface area (TPSA) is 89.0 Å². The Morgan fingerprint density at radius 1 is 1.73 bits per heavy atom. The minimum atomic E-state index is -0.362. The molecule has 0 aliphatic heterocycles. The summed E-state index contributed by atoms with van der Waals surface area (Å²) >= 11 is 0. The molecule has 5 nitrogen and oxygen atoms in total. The predicted octanol–water partition coefficient (Wildman–Crippen LogP) is 0.641. The van der Waals surface area contributed by atoms with Gasteiger partial charge in [0, 0.05) is 0 Å². The molecule has 78 valence electrons. The van der Waals surface area contributed by atoms with Crippen LogP contribution in [0.1, 0.15) is 18.2 Å². The van der Waals surface area contributed by atoms with E-state index in [0.29, 0.717) is 23.6 Å². The molecule has 0 saturated heterocycles. The van der Waals surface area contributed by atoms with E-state index in [1.807, 2.05) is 6.07 Å². The van der Waals surface area contributed by atoms with Gasteiger partial charge in [-0.3, -0.25) is 9.78 Å². The minimum absolute atomic E-state index is 0.0583. The average molecular weight is 205 g/mol. The van der Waals surface area contributed by atoms with Crippen molar-refractivity contribution in [2.24, 2.45) is 0 Å². The first-order valence-corrected chi connectivity index (χ1v) is 4.47. The molecule has 2 N–H and O–H groups in total. The molecule has 0 atom stereocenters. The van der Waals surface area contributed by atoms with Gasteiger partial charge >= 0.3 is 5.97 Å². The van der Waals surface area contributed by atoms with E-state index in [0.717, 1.165) is 0 Å². The van der Waals surface area contributed by atoms with Crippen LogP contribution in [0, 0.1) is 11.3 Å². The fraction of sp³-hybridized carbons (Fsp3) is 0.300. The van der Waals surface area contributed by atoms with Crippen LogP contribution in [0.15, 0.2) is 12.3 Å². The number of pyridine rings is 1. The quantitative estimate of drug-likeness (QED) is 0.731. The lowest BCUT2D eigenvalue weighted by atomic mass is 10.2. The standard InChI is InChI=1S/C10H11N3O2/c1-2-15-10(14)4-8-3-7(5-11)9(12)6-13-8/h3,6H,2,4,12H2,1H3. The van der Waals surface area contributed by atoms with Crippen molar-refractivity contribution in [3.05, 3.63) is 23.5 Å². The summed E-state index contributed by atoms with van der Waals surface area (Å²) in [5.41, 5.74) is 6.61. The highest BCUT2D eigenvalue weighted by Crippen LogP contribution is 2.10. The van der Waals surface area contributed by atoms with Crippen LogP contribution < -0.4 is 5.73 Å². The second-order valence-electron chi connectivity index (χ2n) is 2.86. The average Bonchev–Trinajstić information content (AvgIpc) is 2.21. The van der Waals surface area contributed by atoms with Crippen LogP contribution in [-0.4, -0.2) is 17.6 Å². The number of nitrogen functional groups attached to an aromatic ring is 1. The van der Waals surface area contributed by atoms with E-state index in [-0.39, 0.29) is 12.4 Å². The third-order valence-electron chi connectivity index (χ3n) is 1.74. The first kappa shape index (κ1) is 11.0. The summed E-state index contributed by atoms with van der Waals surface area (Å²) in [5.74, 6) is -0.362. The molecule has 0 spiro atoms. The number of carbonyl (C=O) groups is 1. The van der Waals surface area contributed by atoms with Crippen molar-refractivity contribution in [2.75, 3.05) is 12.3 Å². The summed E-state index contributed by atoms with van der Waals surface area (Å²) in [6, 6.07) is 3.42. The van der Waals surface area contributed by atoms with E-state index < -0.39 is 0 Å². The molecule has 15 heavy (non-hydrogen) atoms. The molecule has 1 rings (SSSR count). The SMILES string of the molecule is CCOC(=O)Cc1cc(C#N)c(N)cn1. The lowest BCUT2D eigenvalue weighted by Crippen LogP contribution is -2.09. The number of carbonyl (C=O) groups excluding carboxylic acids is 1. The van der Waals surface area contributed by atoms with Gasteiger partial charge in [0.15, 0.2) is 0 Å². The Bertz CT molecular complexity index is 410. The van der Waals surface area contributed by atoms with Crippen LogP contribution in [0.5, 0.6) is 0 Å². The van der Waals surface area contributed by atoms with Gasteiger partial charge in [0.2, 0.25) is 0 Å². The molecule has 0 aliphatic rings. The van der Waals surface area contributed by atoms with E-state index in [4.69, 9.17) is 15.7 Å². The van der Waals surface area contributed by atoms with E-state index in [2.05, 4.69) is 4.98 Å². The Morgan fingerprint density at radius 3 is 3.07 bits per heavy atom. The zero-order valence-corrected chi connectivity index (χ0v) is 8.36. The molecular formula is C10H11N3O2. The number of aromatic nitrogens is 1. The molecular weight excluding hydrogens is 194 g/mol. The van der Waals surface area contributed by atoms with Crippen LogP contribution in [0.2, 0.25) is 0 Å². The molecule has 1 aromatic heterocycles. The van der Waals surface area contributed by atoms with Gasteiger partial charge in [-0.25, -0.2) is 0 Å².